The fourth-order valence-corrected chi connectivity index (χ4v) is 6.71. The maximum absolute atomic E-state index is 12.9. The molecule has 224 valence electrons. The van der Waals surface area contributed by atoms with E-state index in [0.29, 0.717) is 24.0 Å². The molecule has 0 radical (unpaired) electrons. The zero-order valence-corrected chi connectivity index (χ0v) is 24.1. The Balaban J connectivity index is 1.15. The number of anilines is 2. The predicted molar refractivity (Wildman–Crippen MR) is 147 cm³/mol. The van der Waals surface area contributed by atoms with Crippen LogP contribution in [-0.2, 0) is 39.4 Å². The maximum atomic E-state index is 12.9. The fourth-order valence-electron chi connectivity index (χ4n) is 4.96. The van der Waals surface area contributed by atoms with Crippen LogP contribution in [-0.4, -0.2) is 80.4 Å². The predicted octanol–water partition coefficient (Wildman–Crippen LogP) is 0.374. The average molecular weight is 643 g/mol. The summed E-state index contributed by atoms with van der Waals surface area (Å²) in [5.74, 6) is 0.294. The first-order valence-electron chi connectivity index (χ1n) is 12.5. The summed E-state index contributed by atoms with van der Waals surface area (Å²) < 4.78 is 42.2. The molecule has 2 aliphatic heterocycles. The van der Waals surface area contributed by atoms with Crippen LogP contribution < -0.4 is 17.2 Å². The standard InChI is InChI=1S/C20H24N10O9P2S/c21-15-13-17(25-6-23-15)29(8-27-13)12-2-1-9(37-12)5-36-41(34,42)39-11-3-10(4-35-40(32)33)38-19(11)30-18-14(28-20(30)31)16(22)24-7-26-18/h6-12,19H,1-5H2,(H6-,21,22,23,24,25,26,28,31,32,33,34,42)/p+1/t9-,10-,11+,12+,19+,41?/m0/s1. The lowest BCUT2D eigenvalue weighted by Gasteiger charge is -2.25. The Morgan fingerprint density at radius 2 is 1.86 bits per heavy atom. The van der Waals surface area contributed by atoms with Gasteiger partial charge < -0.3 is 39.9 Å². The molecule has 42 heavy (non-hydrogen) atoms. The summed E-state index contributed by atoms with van der Waals surface area (Å²) in [7, 11) is -2.90. The van der Waals surface area contributed by atoms with Crippen LogP contribution in [0.4, 0.5) is 11.6 Å². The van der Waals surface area contributed by atoms with Crippen LogP contribution in [0.2, 0.25) is 0 Å². The highest BCUT2D eigenvalue weighted by Gasteiger charge is 2.43. The van der Waals surface area contributed by atoms with Crippen molar-refractivity contribution in [1.82, 2.24) is 39.0 Å². The monoisotopic (exact) mass is 643 g/mol. The number of nitrogen functional groups attached to an aromatic ring is 2. The molecule has 7 atom stereocenters. The zero-order chi connectivity index (χ0) is 29.6. The van der Waals surface area contributed by atoms with Crippen molar-refractivity contribution in [3.8, 4) is 0 Å². The average Bonchev–Trinajstić information content (AvgIpc) is 3.72. The van der Waals surface area contributed by atoms with E-state index in [0.717, 1.165) is 4.57 Å². The molecule has 0 saturated carbocycles. The molecule has 0 amide bonds. The normalized spacial score (nSPS) is 26.2. The van der Waals surface area contributed by atoms with Gasteiger partial charge in [-0.2, -0.15) is 0 Å². The van der Waals surface area contributed by atoms with Gasteiger partial charge in [0.1, 0.15) is 42.6 Å². The van der Waals surface area contributed by atoms with Crippen molar-refractivity contribution in [2.75, 3.05) is 24.7 Å². The topological polar surface area (TPSA) is 263 Å². The van der Waals surface area contributed by atoms with Crippen LogP contribution in [0.5, 0.6) is 0 Å². The molecular formula is C20H25N10O9P2S+. The summed E-state index contributed by atoms with van der Waals surface area (Å²) >= 11 is 5.28. The minimum absolute atomic E-state index is 0.0357. The van der Waals surface area contributed by atoms with Crippen molar-refractivity contribution in [1.29, 1.82) is 0 Å². The van der Waals surface area contributed by atoms with Gasteiger partial charge in [-0.05, 0) is 24.6 Å². The molecule has 0 spiro atoms. The number of rotatable bonds is 10. The molecule has 7 N–H and O–H groups in total. The highest BCUT2D eigenvalue weighted by molar-refractivity contribution is 8.07. The Labute approximate surface area is 241 Å². The molecular weight excluding hydrogens is 618 g/mol. The summed E-state index contributed by atoms with van der Waals surface area (Å²) in [6.45, 7) is -4.29. The first kappa shape index (κ1) is 29.1. The van der Waals surface area contributed by atoms with E-state index in [2.05, 4.69) is 29.9 Å². The second kappa shape index (κ2) is 11.6. The van der Waals surface area contributed by atoms with Gasteiger partial charge in [-0.25, -0.2) is 34.3 Å². The summed E-state index contributed by atoms with van der Waals surface area (Å²) in [6, 6.07) is 0. The molecule has 0 aromatic carbocycles. The number of hydrogen-bond acceptors (Lipinski definition) is 15. The fraction of sp³-hybridized carbons (Fsp3) is 0.500. The van der Waals surface area contributed by atoms with Gasteiger partial charge in [0.2, 0.25) is 0 Å². The molecule has 2 unspecified atom stereocenters. The lowest BCUT2D eigenvalue weighted by Crippen LogP contribution is -2.30. The number of nitrogens with zero attached hydrogens (tertiary/aromatic N) is 7. The molecule has 22 heteroatoms. The van der Waals surface area contributed by atoms with Gasteiger partial charge in [-0.15, -0.1) is 9.42 Å². The van der Waals surface area contributed by atoms with Crippen molar-refractivity contribution in [3.63, 3.8) is 0 Å². The third-order valence-electron chi connectivity index (χ3n) is 6.78. The van der Waals surface area contributed by atoms with Crippen LogP contribution in [0.3, 0.4) is 0 Å². The van der Waals surface area contributed by atoms with E-state index in [1.54, 1.807) is 10.9 Å². The quantitative estimate of drug-likeness (QED) is 0.146. The molecule has 6 rings (SSSR count). The highest BCUT2D eigenvalue weighted by atomic mass is 32.5. The van der Waals surface area contributed by atoms with Crippen molar-refractivity contribution >= 4 is 60.7 Å². The molecule has 0 bridgehead atoms. The molecule has 19 nitrogen and oxygen atoms in total. The van der Waals surface area contributed by atoms with Gasteiger partial charge in [0.05, 0.1) is 25.1 Å². The number of imidazole rings is 2. The number of aromatic amines is 1. The number of fused-ring (bicyclic) bond motifs is 2. The minimum atomic E-state index is -3.92. The van der Waals surface area contributed by atoms with Crippen LogP contribution >= 0.6 is 15.0 Å². The molecule has 2 fully saturated rings. The first-order chi connectivity index (χ1) is 20.1. The minimum Gasteiger partial charge on any atom is -0.382 e. The highest BCUT2D eigenvalue weighted by Crippen LogP contribution is 2.50. The van der Waals surface area contributed by atoms with Crippen molar-refractivity contribution < 1.29 is 37.4 Å². The Morgan fingerprint density at radius 3 is 2.64 bits per heavy atom. The van der Waals surface area contributed by atoms with Gasteiger partial charge in [0.15, 0.2) is 29.2 Å². The van der Waals surface area contributed by atoms with E-state index in [-0.39, 0.29) is 42.4 Å². The molecule has 0 aliphatic carbocycles. The largest absolute Gasteiger partial charge is 0.694 e. The summed E-state index contributed by atoms with van der Waals surface area (Å²) in [5.41, 5.74) is 12.4. The number of nitrogens with one attached hydrogen (secondary N) is 1. The summed E-state index contributed by atoms with van der Waals surface area (Å²) in [4.78, 5) is 55.9. The molecule has 2 saturated heterocycles. The second-order valence-corrected chi connectivity index (χ2v) is 13.0. The van der Waals surface area contributed by atoms with Crippen LogP contribution in [0.1, 0.15) is 31.7 Å². The van der Waals surface area contributed by atoms with Gasteiger partial charge in [0.25, 0.3) is 0 Å². The smallest absolute Gasteiger partial charge is 0.382 e. The number of aromatic nitrogens is 8. The van der Waals surface area contributed by atoms with E-state index in [1.165, 1.54) is 12.7 Å². The van der Waals surface area contributed by atoms with Gasteiger partial charge in [-0.1, -0.05) is 0 Å². The maximum Gasteiger partial charge on any atom is 0.694 e. The summed E-state index contributed by atoms with van der Waals surface area (Å²) in [5, 5.41) is 0. The van der Waals surface area contributed by atoms with Crippen LogP contribution in [0.25, 0.3) is 22.3 Å². The number of hydrogen-bond donors (Lipinski definition) is 5. The lowest BCUT2D eigenvalue weighted by atomic mass is 10.2. The van der Waals surface area contributed by atoms with E-state index >= 15 is 0 Å². The Hall–Kier alpha value is -3.03. The van der Waals surface area contributed by atoms with Crippen molar-refractivity contribution in [2.24, 2.45) is 0 Å². The Bertz CT molecular complexity index is 1750. The Morgan fingerprint density at radius 1 is 1.10 bits per heavy atom. The summed E-state index contributed by atoms with van der Waals surface area (Å²) in [6.07, 6.45) is 1.50. The zero-order valence-electron chi connectivity index (χ0n) is 21.5. The number of H-pyrrole nitrogens is 1. The molecule has 4 aromatic heterocycles. The van der Waals surface area contributed by atoms with Crippen LogP contribution in [0.15, 0.2) is 23.8 Å². The van der Waals surface area contributed by atoms with E-state index < -0.39 is 51.4 Å². The Kier molecular flexibility index (Phi) is 8.01. The van der Waals surface area contributed by atoms with E-state index in [4.69, 9.17) is 51.2 Å². The van der Waals surface area contributed by atoms with E-state index in [9.17, 15) is 14.3 Å². The van der Waals surface area contributed by atoms with Gasteiger partial charge >= 0.3 is 20.7 Å². The number of nitrogens with two attached hydrogens (primary N) is 2. The third kappa shape index (κ3) is 5.78. The van der Waals surface area contributed by atoms with Crippen molar-refractivity contribution in [3.05, 3.63) is 29.5 Å². The number of ether oxygens (including phenoxy) is 2. The molecule has 2 aliphatic rings. The van der Waals surface area contributed by atoms with Gasteiger partial charge in [-0.3, -0.25) is 4.57 Å². The van der Waals surface area contributed by atoms with Crippen molar-refractivity contribution in [2.45, 2.75) is 50.0 Å². The van der Waals surface area contributed by atoms with Gasteiger partial charge in [0, 0.05) is 11.0 Å². The SMILES string of the molecule is Nc1ncnc2c1ncn2[C@H]1CC[C@@H](COP(O)(=S)O[C@@H]2C[C@@H](CO[P+](=O)O)O[C@H]2n2c(=O)[nH]c3c(N)ncnc32)O1. The molecule has 4 aromatic rings. The third-order valence-corrected chi connectivity index (χ3v) is 8.74. The second-order valence-electron chi connectivity index (χ2n) is 9.46. The first-order valence-corrected chi connectivity index (χ1v) is 16.2. The van der Waals surface area contributed by atoms with E-state index in [1.807, 2.05) is 0 Å². The van der Waals surface area contributed by atoms with Crippen LogP contribution in [0, 0.1) is 0 Å². The lowest BCUT2D eigenvalue weighted by molar-refractivity contribution is -0.0484. The molecule has 6 heterocycles.